The first-order chi connectivity index (χ1) is 71.4. The van der Waals surface area contributed by atoms with Crippen molar-refractivity contribution in [2.24, 2.45) is 0 Å². The number of aromatic nitrogens is 10. The second-order valence-electron chi connectivity index (χ2n) is 37.1. The molecule has 0 aliphatic heterocycles. The summed E-state index contributed by atoms with van der Waals surface area (Å²) in [5.74, 6) is 1.43. The largest absolute Gasteiger partial charge is 0.309 e. The van der Waals surface area contributed by atoms with Gasteiger partial charge in [0.15, 0.2) is 11.6 Å². The lowest BCUT2D eigenvalue weighted by atomic mass is 9.93. The minimum absolute atomic E-state index is 0.710. The topological polar surface area (TPSA) is 81.1 Å². The lowest BCUT2D eigenvalue weighted by molar-refractivity contribution is 1.16. The minimum Gasteiger partial charge on any atom is -0.309 e. The lowest BCUT2D eigenvalue weighted by Gasteiger charge is -2.13. The van der Waals surface area contributed by atoms with E-state index in [0.717, 1.165) is 101 Å². The second kappa shape index (κ2) is 34.3. The number of rotatable bonds is 12. The van der Waals surface area contributed by atoms with Crippen molar-refractivity contribution >= 4 is 163 Å². The van der Waals surface area contributed by atoms with E-state index < -0.39 is 0 Å². The molecule has 10 heteroatoms. The fourth-order valence-electron chi connectivity index (χ4n) is 22.4. The molecule has 0 spiro atoms. The second-order valence-corrected chi connectivity index (χ2v) is 37.1. The van der Waals surface area contributed by atoms with Crippen molar-refractivity contribution in [1.29, 1.82) is 0 Å². The van der Waals surface area contributed by atoms with E-state index in [2.05, 4.69) is 519 Å². The van der Waals surface area contributed by atoms with Crippen LogP contribution in [0.15, 0.2) is 522 Å². The van der Waals surface area contributed by atoms with E-state index in [9.17, 15) is 0 Å². The van der Waals surface area contributed by atoms with Crippen LogP contribution in [0.25, 0.3) is 265 Å². The molecule has 8 aromatic heterocycles. The first-order valence-electron chi connectivity index (χ1n) is 49.1. The molecule has 0 saturated carbocycles. The molecule has 0 unspecified atom stereocenters. The molecular formula is C134H86N10. The van der Waals surface area contributed by atoms with Crippen LogP contribution in [0.2, 0.25) is 0 Å². The van der Waals surface area contributed by atoms with Gasteiger partial charge in [0.1, 0.15) is 0 Å². The van der Waals surface area contributed by atoms with Crippen molar-refractivity contribution in [2.75, 3.05) is 0 Å². The van der Waals surface area contributed by atoms with Gasteiger partial charge in [-0.05, 0) is 215 Å². The van der Waals surface area contributed by atoms with Gasteiger partial charge < -0.3 is 27.4 Å². The maximum atomic E-state index is 5.18. The number of nitrogens with zero attached hydrogens (tertiary/aromatic N) is 10. The molecule has 0 N–H and O–H groups in total. The van der Waals surface area contributed by atoms with Crippen LogP contribution in [0.4, 0.5) is 0 Å². The average molecular weight is 1840 g/mol. The van der Waals surface area contributed by atoms with Gasteiger partial charge in [0.2, 0.25) is 0 Å². The van der Waals surface area contributed by atoms with Gasteiger partial charge in [-0.2, -0.15) is 0 Å². The normalized spacial score (nSPS) is 11.8. The summed E-state index contributed by atoms with van der Waals surface area (Å²) in [6.07, 6.45) is 0. The number of hydrogen-bond acceptors (Lipinski definition) is 4. The zero-order valence-electron chi connectivity index (χ0n) is 78.1. The molecule has 0 bridgehead atoms. The highest BCUT2D eigenvalue weighted by atomic mass is 15.0. The first-order valence-corrected chi connectivity index (χ1v) is 49.1. The quantitative estimate of drug-likeness (QED) is 0.122. The Kier molecular flexibility index (Phi) is 19.7. The molecule has 30 aromatic rings. The highest BCUT2D eigenvalue weighted by Gasteiger charge is 2.26. The third kappa shape index (κ3) is 13.9. The molecule has 0 aliphatic carbocycles. The van der Waals surface area contributed by atoms with Crippen LogP contribution in [-0.4, -0.2) is 47.3 Å². The molecule has 0 atom stereocenters. The predicted molar refractivity (Wildman–Crippen MR) is 602 cm³/mol. The molecule has 22 aromatic carbocycles. The maximum Gasteiger partial charge on any atom is 0.160 e. The van der Waals surface area contributed by atoms with Gasteiger partial charge in [-0.15, -0.1) is 0 Å². The highest BCUT2D eigenvalue weighted by molar-refractivity contribution is 6.23. The van der Waals surface area contributed by atoms with Crippen molar-refractivity contribution in [1.82, 2.24) is 47.3 Å². The van der Waals surface area contributed by atoms with Crippen molar-refractivity contribution < 1.29 is 0 Å². The fourth-order valence-corrected chi connectivity index (χ4v) is 22.4. The summed E-state index contributed by atoms with van der Waals surface area (Å²) in [4.78, 5) is 20.3. The van der Waals surface area contributed by atoms with Gasteiger partial charge in [0.05, 0.1) is 88.6 Å². The van der Waals surface area contributed by atoms with Gasteiger partial charge in [-0.1, -0.05) is 340 Å². The van der Waals surface area contributed by atoms with E-state index in [1.54, 1.807) is 0 Å². The van der Waals surface area contributed by atoms with Crippen LogP contribution in [0.5, 0.6) is 0 Å². The lowest BCUT2D eigenvalue weighted by Crippen LogP contribution is -1.98. The molecule has 0 aliphatic rings. The standard InChI is InChI=1S/C46H30N2.2C44H28N4/c1-3-13-32(14-4-1)40-28-34(27-33-15-7-8-18-37(33)40)31-23-25-36(26-24-31)48-44-22-12-10-20-39(44)42-29-41-38-19-9-11-21-43(38)47(45(41)30-46(42)48)35-16-5-2-6-17-35;1-3-14-29(15-4-1)43-35-22-7-10-23-38(35)45-44(46-43)30-16-13-19-32(26-30)48-40-25-12-9-21-34(40)37-27-36-33-20-8-11-24-39(33)47(41(36)28-42(37)48)31-17-5-2-6-18-31;1-3-13-29(14-4-1)43-35-19-7-10-20-38(35)45-44(46-43)30-23-25-32(26-24-30)48-40-22-12-9-18-34(40)37-27-36-33-17-8-11-21-39(33)47(41(36)28-42(37)48)31-15-5-2-6-16-31/h1-30H;2*1-28H. The van der Waals surface area contributed by atoms with E-state index in [1.807, 2.05) is 30.3 Å². The Labute approximate surface area is 828 Å². The zero-order chi connectivity index (χ0) is 94.8. The summed E-state index contributed by atoms with van der Waals surface area (Å²) in [6, 6.07) is 186. The molecular weight excluding hydrogens is 1750 g/mol. The van der Waals surface area contributed by atoms with Crippen LogP contribution < -0.4 is 0 Å². The summed E-state index contributed by atoms with van der Waals surface area (Å²) in [7, 11) is 0. The van der Waals surface area contributed by atoms with E-state index in [-0.39, 0.29) is 0 Å². The first kappa shape index (κ1) is 82.8. The number of hydrogen-bond donors (Lipinski definition) is 0. The summed E-state index contributed by atoms with van der Waals surface area (Å²) in [5.41, 5.74) is 33.8. The monoisotopic (exact) mass is 1830 g/mol. The van der Waals surface area contributed by atoms with Gasteiger partial charge in [-0.25, -0.2) is 19.9 Å². The molecule has 30 rings (SSSR count). The Morgan fingerprint density at radius 3 is 0.750 bits per heavy atom. The van der Waals surface area contributed by atoms with Crippen molar-refractivity contribution in [3.63, 3.8) is 0 Å². The summed E-state index contributed by atoms with van der Waals surface area (Å²) in [6.45, 7) is 0. The minimum atomic E-state index is 0.710. The SMILES string of the molecule is c1ccc(-c2cc(-c3ccc(-n4c5ccccc5c5cc6c7ccccc7n(-c7ccccc7)c6cc54)cc3)cc3ccccc23)cc1.c1ccc(-c2nc(-c3ccc(-n4c5ccccc5c5cc6c7ccccc7n(-c7ccccc7)c6cc54)cc3)nc3ccccc23)cc1.c1ccc(-c2nc(-c3cccc(-n4c5ccccc5c5cc6c7ccccc7n(-c7ccccc7)c6cc54)c3)nc3ccccc23)cc1. The van der Waals surface area contributed by atoms with E-state index >= 15 is 0 Å². The molecule has 144 heavy (non-hydrogen) atoms. The molecule has 672 valence electrons. The average Bonchev–Trinajstić information content (AvgIpc) is 1.64. The van der Waals surface area contributed by atoms with Crippen LogP contribution in [0.1, 0.15) is 0 Å². The van der Waals surface area contributed by atoms with E-state index in [4.69, 9.17) is 19.9 Å². The molecule has 0 amide bonds. The Morgan fingerprint density at radius 1 is 0.125 bits per heavy atom. The third-order valence-electron chi connectivity index (χ3n) is 28.9. The van der Waals surface area contributed by atoms with Crippen LogP contribution in [0.3, 0.4) is 0 Å². The smallest absolute Gasteiger partial charge is 0.160 e. The zero-order valence-corrected chi connectivity index (χ0v) is 78.1. The van der Waals surface area contributed by atoms with Crippen molar-refractivity contribution in [2.45, 2.75) is 0 Å². The maximum absolute atomic E-state index is 5.18. The Morgan fingerprint density at radius 2 is 0.389 bits per heavy atom. The third-order valence-corrected chi connectivity index (χ3v) is 28.9. The molecule has 10 nitrogen and oxygen atoms in total. The number of fused-ring (bicyclic) bond motifs is 21. The predicted octanol–water partition coefficient (Wildman–Crippen LogP) is 34.7. The molecule has 8 heterocycles. The van der Waals surface area contributed by atoms with Crippen molar-refractivity contribution in [3.8, 4) is 102 Å². The fraction of sp³-hybridized carbons (Fsp3) is 0. The Hall–Kier alpha value is -19.4. The number of benzene rings is 22. The summed E-state index contributed by atoms with van der Waals surface area (Å²) in [5, 5.41) is 19.6. The Balaban J connectivity index is 0.000000105. The summed E-state index contributed by atoms with van der Waals surface area (Å²) >= 11 is 0. The van der Waals surface area contributed by atoms with Crippen LogP contribution in [-0.2, 0) is 0 Å². The Bertz CT molecular complexity index is 9920. The van der Waals surface area contributed by atoms with Gasteiger partial charge in [0.25, 0.3) is 0 Å². The van der Waals surface area contributed by atoms with Crippen LogP contribution in [0, 0.1) is 0 Å². The van der Waals surface area contributed by atoms with Crippen molar-refractivity contribution in [3.05, 3.63) is 522 Å². The molecule has 0 radical (unpaired) electrons. The van der Waals surface area contributed by atoms with Gasteiger partial charge >= 0.3 is 0 Å². The summed E-state index contributed by atoms with van der Waals surface area (Å²) < 4.78 is 14.4. The van der Waals surface area contributed by atoms with Gasteiger partial charge in [-0.3, -0.25) is 0 Å². The van der Waals surface area contributed by atoms with Gasteiger partial charge in [0, 0.05) is 132 Å². The molecule has 0 fully saturated rings. The molecule has 0 saturated heterocycles. The van der Waals surface area contributed by atoms with E-state index in [0.29, 0.717) is 5.82 Å². The highest BCUT2D eigenvalue weighted by Crippen LogP contribution is 2.47. The number of para-hydroxylation sites is 11. The van der Waals surface area contributed by atoms with Crippen LogP contribution >= 0.6 is 0 Å². The van der Waals surface area contributed by atoms with E-state index in [1.165, 1.54) is 159 Å².